The molecular formula is C14H26N4O2S. The lowest BCUT2D eigenvalue weighted by Crippen LogP contribution is -2.44. The van der Waals surface area contributed by atoms with Gasteiger partial charge < -0.3 is 10.3 Å². The summed E-state index contributed by atoms with van der Waals surface area (Å²) in [4.78, 5) is 4.24. The van der Waals surface area contributed by atoms with Crippen LogP contribution in [0.4, 0.5) is 0 Å². The van der Waals surface area contributed by atoms with E-state index in [1.807, 2.05) is 11.5 Å². The molecule has 0 aromatic carbocycles. The molecule has 21 heavy (non-hydrogen) atoms. The molecule has 120 valence electrons. The molecular weight excluding hydrogens is 288 g/mol. The van der Waals surface area contributed by atoms with Gasteiger partial charge in [-0.1, -0.05) is 13.8 Å². The number of imidazole rings is 1. The Kier molecular flexibility index (Phi) is 4.75. The topological polar surface area (TPSA) is 81.2 Å². The fourth-order valence-corrected chi connectivity index (χ4v) is 4.11. The molecule has 0 unspecified atom stereocenters. The molecule has 0 amide bonds. The average molecular weight is 314 g/mol. The van der Waals surface area contributed by atoms with E-state index in [-0.39, 0.29) is 10.4 Å². The van der Waals surface area contributed by atoms with Crippen molar-refractivity contribution in [1.82, 2.24) is 13.9 Å². The fraction of sp³-hybridized carbons (Fsp3) is 0.786. The Morgan fingerprint density at radius 3 is 2.52 bits per heavy atom. The molecule has 0 atom stereocenters. The van der Waals surface area contributed by atoms with Gasteiger partial charge in [-0.2, -0.15) is 4.31 Å². The van der Waals surface area contributed by atoms with Gasteiger partial charge in [0, 0.05) is 25.8 Å². The van der Waals surface area contributed by atoms with E-state index in [9.17, 15) is 8.42 Å². The van der Waals surface area contributed by atoms with Crippen LogP contribution in [-0.2, 0) is 16.6 Å². The summed E-state index contributed by atoms with van der Waals surface area (Å²) in [6.07, 6.45) is 4.22. The van der Waals surface area contributed by atoms with Crippen LogP contribution in [0.15, 0.2) is 11.2 Å². The van der Waals surface area contributed by atoms with E-state index in [0.29, 0.717) is 19.6 Å². The third kappa shape index (κ3) is 3.30. The molecule has 0 aliphatic carbocycles. The third-order valence-electron chi connectivity index (χ3n) is 4.44. The van der Waals surface area contributed by atoms with E-state index in [1.54, 1.807) is 10.5 Å². The number of nitrogens with zero attached hydrogens (tertiary/aromatic N) is 3. The number of sulfonamides is 1. The summed E-state index contributed by atoms with van der Waals surface area (Å²) in [5, 5.41) is 0.171. The highest BCUT2D eigenvalue weighted by molar-refractivity contribution is 7.89. The summed E-state index contributed by atoms with van der Waals surface area (Å²) >= 11 is 0. The van der Waals surface area contributed by atoms with Crippen LogP contribution in [0.5, 0.6) is 0 Å². The summed E-state index contributed by atoms with van der Waals surface area (Å²) in [6.45, 7) is 8.47. The van der Waals surface area contributed by atoms with Gasteiger partial charge in [0.15, 0.2) is 5.03 Å². The summed E-state index contributed by atoms with van der Waals surface area (Å²) < 4.78 is 28.8. The molecule has 0 spiro atoms. The zero-order valence-corrected chi connectivity index (χ0v) is 14.0. The summed E-state index contributed by atoms with van der Waals surface area (Å²) in [5.74, 6) is 0.749. The van der Waals surface area contributed by atoms with E-state index in [2.05, 4.69) is 18.8 Å². The molecule has 0 saturated carbocycles. The Bertz CT molecular complexity index is 586. The maximum atomic E-state index is 12.7. The average Bonchev–Trinajstić information content (AvgIpc) is 2.82. The molecule has 1 aromatic heterocycles. The van der Waals surface area contributed by atoms with E-state index in [0.717, 1.165) is 31.6 Å². The van der Waals surface area contributed by atoms with Gasteiger partial charge in [-0.25, -0.2) is 13.4 Å². The van der Waals surface area contributed by atoms with Gasteiger partial charge in [0.2, 0.25) is 0 Å². The molecule has 0 radical (unpaired) electrons. The van der Waals surface area contributed by atoms with Gasteiger partial charge >= 0.3 is 0 Å². The van der Waals surface area contributed by atoms with Gasteiger partial charge in [0.25, 0.3) is 10.0 Å². The van der Waals surface area contributed by atoms with Crippen molar-refractivity contribution in [3.8, 4) is 0 Å². The first-order valence-electron chi connectivity index (χ1n) is 7.56. The van der Waals surface area contributed by atoms with Crippen molar-refractivity contribution in [2.45, 2.75) is 51.6 Å². The van der Waals surface area contributed by atoms with Crippen molar-refractivity contribution >= 4 is 10.0 Å². The molecule has 1 fully saturated rings. The van der Waals surface area contributed by atoms with E-state index < -0.39 is 10.0 Å². The second kappa shape index (κ2) is 6.06. The molecule has 1 aliphatic heterocycles. The zero-order chi connectivity index (χ0) is 15.7. The van der Waals surface area contributed by atoms with Gasteiger partial charge in [0.05, 0.1) is 0 Å². The second-order valence-electron chi connectivity index (χ2n) is 6.24. The van der Waals surface area contributed by atoms with Crippen LogP contribution in [-0.4, -0.2) is 41.9 Å². The maximum Gasteiger partial charge on any atom is 0.262 e. The van der Waals surface area contributed by atoms with Crippen LogP contribution in [0.2, 0.25) is 0 Å². The minimum Gasteiger partial charge on any atom is -0.334 e. The molecule has 2 N–H and O–H groups in total. The standard InChI is InChI=1S/C14H26N4O2S/c1-4-7-17-10-13(16-12(17)2)21(19,20)18-8-5-14(3,11-15)6-9-18/h10H,4-9,11,15H2,1-3H3. The SMILES string of the molecule is CCCn1cc(S(=O)(=O)N2CCC(C)(CN)CC2)nc1C. The van der Waals surface area contributed by atoms with Crippen molar-refractivity contribution < 1.29 is 8.42 Å². The summed E-state index contributed by atoms with van der Waals surface area (Å²) in [7, 11) is -3.48. The first kappa shape index (κ1) is 16.5. The van der Waals surface area contributed by atoms with Crippen LogP contribution in [0.1, 0.15) is 38.9 Å². The highest BCUT2D eigenvalue weighted by Gasteiger charge is 2.35. The molecule has 1 saturated heterocycles. The normalized spacial score (nSPS) is 19.8. The highest BCUT2D eigenvalue weighted by atomic mass is 32.2. The lowest BCUT2D eigenvalue weighted by molar-refractivity contribution is 0.182. The molecule has 7 heteroatoms. The molecule has 6 nitrogen and oxygen atoms in total. The zero-order valence-electron chi connectivity index (χ0n) is 13.2. The van der Waals surface area contributed by atoms with Crippen molar-refractivity contribution in [1.29, 1.82) is 0 Å². The van der Waals surface area contributed by atoms with Crippen LogP contribution in [0.3, 0.4) is 0 Å². The Labute approximate surface area is 127 Å². The third-order valence-corrected chi connectivity index (χ3v) is 6.22. The number of piperidine rings is 1. The lowest BCUT2D eigenvalue weighted by Gasteiger charge is -2.37. The smallest absolute Gasteiger partial charge is 0.262 e. The Hall–Kier alpha value is -0.920. The molecule has 1 aliphatic rings. The Balaban J connectivity index is 2.17. The number of aryl methyl sites for hydroxylation is 2. The van der Waals surface area contributed by atoms with Crippen molar-refractivity contribution in [2.24, 2.45) is 11.1 Å². The molecule has 2 heterocycles. The summed E-state index contributed by atoms with van der Waals surface area (Å²) in [6, 6.07) is 0. The molecule has 1 aromatic rings. The summed E-state index contributed by atoms with van der Waals surface area (Å²) in [5.41, 5.74) is 5.84. The maximum absolute atomic E-state index is 12.7. The number of aromatic nitrogens is 2. The predicted molar refractivity (Wildman–Crippen MR) is 82.4 cm³/mol. The van der Waals surface area contributed by atoms with Gasteiger partial charge in [-0.15, -0.1) is 0 Å². The largest absolute Gasteiger partial charge is 0.334 e. The van der Waals surface area contributed by atoms with Gasteiger partial charge in [-0.05, 0) is 38.1 Å². The van der Waals surface area contributed by atoms with Gasteiger partial charge in [-0.3, -0.25) is 0 Å². The highest BCUT2D eigenvalue weighted by Crippen LogP contribution is 2.31. The number of nitrogens with two attached hydrogens (primary N) is 1. The van der Waals surface area contributed by atoms with Crippen molar-refractivity contribution in [2.75, 3.05) is 19.6 Å². The fourth-order valence-electron chi connectivity index (χ4n) is 2.67. The van der Waals surface area contributed by atoms with Crippen LogP contribution >= 0.6 is 0 Å². The number of rotatable bonds is 5. The quantitative estimate of drug-likeness (QED) is 0.889. The minimum absolute atomic E-state index is 0.0590. The molecule has 0 bridgehead atoms. The number of hydrogen-bond acceptors (Lipinski definition) is 4. The van der Waals surface area contributed by atoms with Crippen LogP contribution < -0.4 is 5.73 Å². The Morgan fingerprint density at radius 2 is 2.00 bits per heavy atom. The monoisotopic (exact) mass is 314 g/mol. The van der Waals surface area contributed by atoms with E-state index >= 15 is 0 Å². The van der Waals surface area contributed by atoms with Crippen molar-refractivity contribution in [3.63, 3.8) is 0 Å². The van der Waals surface area contributed by atoms with Crippen LogP contribution in [0, 0.1) is 12.3 Å². The van der Waals surface area contributed by atoms with Crippen LogP contribution in [0.25, 0.3) is 0 Å². The van der Waals surface area contributed by atoms with E-state index in [4.69, 9.17) is 5.73 Å². The first-order valence-corrected chi connectivity index (χ1v) is 9.00. The lowest BCUT2D eigenvalue weighted by atomic mass is 9.81. The van der Waals surface area contributed by atoms with Gasteiger partial charge in [0.1, 0.15) is 5.82 Å². The first-order chi connectivity index (χ1) is 9.82. The van der Waals surface area contributed by atoms with Crippen molar-refractivity contribution in [3.05, 3.63) is 12.0 Å². The minimum atomic E-state index is -3.48. The predicted octanol–water partition coefficient (Wildman–Crippen LogP) is 1.35. The number of hydrogen-bond donors (Lipinski definition) is 1. The Morgan fingerprint density at radius 1 is 1.38 bits per heavy atom. The van der Waals surface area contributed by atoms with E-state index in [1.165, 1.54) is 0 Å². The second-order valence-corrected chi connectivity index (χ2v) is 8.12. The molecule has 2 rings (SSSR count).